The molecule has 2 aliphatic rings. The fraction of sp³-hybridized carbons (Fsp3) is 0.579. The van der Waals surface area contributed by atoms with Gasteiger partial charge in [0.15, 0.2) is 11.6 Å². The summed E-state index contributed by atoms with van der Waals surface area (Å²) in [7, 11) is 0. The Labute approximate surface area is 178 Å². The molecule has 1 aromatic rings. The Hall–Kier alpha value is -1.98. The summed E-state index contributed by atoms with van der Waals surface area (Å²) in [6, 6.07) is 0.671. The summed E-state index contributed by atoms with van der Waals surface area (Å²) in [5, 5.41) is 22.2. The predicted octanol–water partition coefficient (Wildman–Crippen LogP) is -0.612. The number of carboxylic acids is 1. The average molecular weight is 449 g/mol. The van der Waals surface area contributed by atoms with Crippen molar-refractivity contribution in [2.75, 3.05) is 26.4 Å². The molecule has 2 aliphatic heterocycles. The number of hydrogen-bond donors (Lipinski definition) is 3. The van der Waals surface area contributed by atoms with Crippen molar-refractivity contribution in [3.8, 4) is 5.75 Å². The molecular weight excluding hydrogens is 423 g/mol. The molecular formula is C19H26ClFN2O7. The third-order valence-corrected chi connectivity index (χ3v) is 4.98. The number of rotatable bonds is 6. The third kappa shape index (κ3) is 5.38. The highest BCUT2D eigenvalue weighted by molar-refractivity contribution is 6.31. The van der Waals surface area contributed by atoms with E-state index in [-0.39, 0.29) is 28.8 Å². The molecule has 9 nitrogen and oxygen atoms in total. The molecule has 11 heteroatoms. The van der Waals surface area contributed by atoms with Gasteiger partial charge in [0.2, 0.25) is 5.91 Å². The predicted molar refractivity (Wildman–Crippen MR) is 101 cm³/mol. The summed E-state index contributed by atoms with van der Waals surface area (Å²) in [6.45, 7) is 4.73. The second-order valence-electron chi connectivity index (χ2n) is 6.82. The van der Waals surface area contributed by atoms with Crippen LogP contribution < -0.4 is 20.9 Å². The van der Waals surface area contributed by atoms with Crippen LogP contribution in [0.4, 0.5) is 4.39 Å². The van der Waals surface area contributed by atoms with Gasteiger partial charge >= 0.3 is 0 Å². The van der Waals surface area contributed by atoms with Crippen molar-refractivity contribution < 1.29 is 44.1 Å². The van der Waals surface area contributed by atoms with E-state index in [1.165, 1.54) is 6.07 Å². The quantitative estimate of drug-likeness (QED) is 0.526. The second kappa shape index (κ2) is 10.4. The van der Waals surface area contributed by atoms with Gasteiger partial charge in [-0.1, -0.05) is 11.6 Å². The smallest absolute Gasteiger partial charge is 0.220 e. The topological polar surface area (TPSA) is 145 Å². The van der Waals surface area contributed by atoms with Crippen molar-refractivity contribution in [2.24, 2.45) is 0 Å². The number of carboxylic acid groups (broad SMARTS) is 1. The number of carbonyl (C=O) groups is 2. The van der Waals surface area contributed by atoms with Gasteiger partial charge in [-0.15, -0.1) is 0 Å². The highest BCUT2D eigenvalue weighted by Gasteiger charge is 2.39. The van der Waals surface area contributed by atoms with Crippen molar-refractivity contribution in [3.05, 3.63) is 28.0 Å². The lowest BCUT2D eigenvalue weighted by Gasteiger charge is -2.28. The van der Waals surface area contributed by atoms with Crippen LogP contribution in [0.25, 0.3) is 0 Å². The molecule has 2 fully saturated rings. The zero-order chi connectivity index (χ0) is 22.5. The van der Waals surface area contributed by atoms with E-state index >= 15 is 0 Å². The van der Waals surface area contributed by atoms with Crippen LogP contribution in [-0.4, -0.2) is 49.4 Å². The van der Waals surface area contributed by atoms with Crippen molar-refractivity contribution >= 4 is 23.5 Å². The standard InChI is InChI=1S/C14H19ClFNO4.C5H7NO3/c1-3-19-13-8(14(2)20-4-5-21-14)6-9(15)12(16)11(13)10(18)7-17;7-4-2-1-3(6-4)5(8)9/h6,10,18H,3-5,7,17H2,1-2H3;3H,1-2H2,(H,6,7)(H,8,9)/t10-;3-/m00/s1. The Balaban J connectivity index is 0.000000297. The van der Waals surface area contributed by atoms with Crippen LogP contribution >= 0.6 is 11.6 Å². The number of aliphatic hydroxyl groups excluding tert-OH is 1. The Kier molecular flexibility index (Phi) is 8.39. The number of quaternary nitrogens is 1. The first-order valence-corrected chi connectivity index (χ1v) is 9.93. The van der Waals surface area contributed by atoms with Gasteiger partial charge in [0, 0.05) is 6.42 Å². The fourth-order valence-corrected chi connectivity index (χ4v) is 3.38. The first-order valence-electron chi connectivity index (χ1n) is 9.55. The molecule has 0 aliphatic carbocycles. The Morgan fingerprint density at radius 1 is 1.53 bits per heavy atom. The van der Waals surface area contributed by atoms with Crippen molar-refractivity contribution in [3.63, 3.8) is 0 Å². The molecule has 168 valence electrons. The van der Waals surface area contributed by atoms with Crippen LogP contribution in [0.2, 0.25) is 5.02 Å². The van der Waals surface area contributed by atoms with Gasteiger partial charge in [-0.05, 0) is 26.3 Å². The van der Waals surface area contributed by atoms with Gasteiger partial charge in [0.1, 0.15) is 18.4 Å². The van der Waals surface area contributed by atoms with E-state index in [9.17, 15) is 24.2 Å². The summed E-state index contributed by atoms with van der Waals surface area (Å²) in [5.74, 6) is -2.97. The van der Waals surface area contributed by atoms with E-state index in [2.05, 4.69) is 11.1 Å². The molecule has 1 amide bonds. The number of benzene rings is 1. The number of hydrogen-bond acceptors (Lipinski definition) is 7. The first-order chi connectivity index (χ1) is 14.1. The number of carbonyl (C=O) groups excluding carboxylic acids is 2. The van der Waals surface area contributed by atoms with Crippen LogP contribution in [0, 0.1) is 5.82 Å². The number of aliphatic hydroxyl groups is 1. The molecule has 0 radical (unpaired) electrons. The summed E-state index contributed by atoms with van der Waals surface area (Å²) >= 11 is 5.96. The number of nitrogens with one attached hydrogen (secondary N) is 1. The van der Waals surface area contributed by atoms with Gasteiger partial charge in [0.25, 0.3) is 0 Å². The largest absolute Gasteiger partial charge is 0.548 e. The summed E-state index contributed by atoms with van der Waals surface area (Å²) in [4.78, 5) is 20.4. The molecule has 5 N–H and O–H groups in total. The Bertz CT molecular complexity index is 787. The zero-order valence-corrected chi connectivity index (χ0v) is 17.6. The third-order valence-electron chi connectivity index (χ3n) is 4.71. The number of ether oxygens (including phenoxy) is 3. The molecule has 2 atom stereocenters. The van der Waals surface area contributed by atoms with E-state index < -0.39 is 29.7 Å². The van der Waals surface area contributed by atoms with E-state index in [1.54, 1.807) is 13.8 Å². The molecule has 30 heavy (non-hydrogen) atoms. The van der Waals surface area contributed by atoms with E-state index in [0.717, 1.165) is 0 Å². The second-order valence-corrected chi connectivity index (χ2v) is 7.23. The minimum Gasteiger partial charge on any atom is -0.548 e. The normalized spacial score (nSPS) is 20.9. The number of aliphatic carboxylic acids is 1. The molecule has 2 saturated heterocycles. The Morgan fingerprint density at radius 3 is 2.60 bits per heavy atom. The van der Waals surface area contributed by atoms with E-state index in [1.807, 2.05) is 0 Å². The zero-order valence-electron chi connectivity index (χ0n) is 16.8. The van der Waals surface area contributed by atoms with Crippen molar-refractivity contribution in [1.29, 1.82) is 0 Å². The highest BCUT2D eigenvalue weighted by atomic mass is 35.5. The lowest BCUT2D eigenvalue weighted by atomic mass is 9.98. The molecule has 3 rings (SSSR count). The van der Waals surface area contributed by atoms with Crippen molar-refractivity contribution in [2.45, 2.75) is 44.6 Å². The maximum Gasteiger partial charge on any atom is 0.220 e. The summed E-state index contributed by atoms with van der Waals surface area (Å²) in [5.41, 5.74) is 4.06. The van der Waals surface area contributed by atoms with Crippen LogP contribution in [-0.2, 0) is 24.8 Å². The van der Waals surface area contributed by atoms with Crippen LogP contribution in [0.15, 0.2) is 6.07 Å². The number of amides is 1. The van der Waals surface area contributed by atoms with Gasteiger partial charge in [-0.3, -0.25) is 4.79 Å². The minimum atomic E-state index is -1.19. The summed E-state index contributed by atoms with van der Waals surface area (Å²) in [6.07, 6.45) is -0.450. The lowest BCUT2D eigenvalue weighted by Crippen LogP contribution is -2.53. The van der Waals surface area contributed by atoms with Gasteiger partial charge in [-0.25, -0.2) is 4.39 Å². The lowest BCUT2D eigenvalue weighted by molar-refractivity contribution is -0.385. The van der Waals surface area contributed by atoms with Crippen LogP contribution in [0.1, 0.15) is 43.9 Å². The van der Waals surface area contributed by atoms with Gasteiger partial charge < -0.3 is 40.3 Å². The molecule has 0 bridgehead atoms. The van der Waals surface area contributed by atoms with Gasteiger partial charge in [0.05, 0.1) is 48.0 Å². The Morgan fingerprint density at radius 2 is 2.17 bits per heavy atom. The van der Waals surface area contributed by atoms with E-state index in [4.69, 9.17) is 25.8 Å². The maximum atomic E-state index is 14.3. The summed E-state index contributed by atoms with van der Waals surface area (Å²) < 4.78 is 31.1. The molecule has 0 saturated carbocycles. The van der Waals surface area contributed by atoms with Gasteiger partial charge in [-0.2, -0.15) is 0 Å². The monoisotopic (exact) mass is 448 g/mol. The van der Waals surface area contributed by atoms with Crippen LogP contribution in [0.5, 0.6) is 5.75 Å². The maximum absolute atomic E-state index is 14.3. The molecule has 0 unspecified atom stereocenters. The van der Waals surface area contributed by atoms with Crippen molar-refractivity contribution in [1.82, 2.24) is 5.32 Å². The molecule has 2 heterocycles. The highest BCUT2D eigenvalue weighted by Crippen LogP contribution is 2.43. The molecule has 0 spiro atoms. The number of halogens is 2. The average Bonchev–Trinajstić information content (AvgIpc) is 3.34. The van der Waals surface area contributed by atoms with E-state index in [0.29, 0.717) is 38.2 Å². The van der Waals surface area contributed by atoms with Crippen LogP contribution in [0.3, 0.4) is 0 Å². The first kappa shape index (κ1) is 24.3. The fourth-order valence-electron chi connectivity index (χ4n) is 3.17. The minimum absolute atomic E-state index is 0.00493. The molecule has 1 aromatic carbocycles. The SMILES string of the molecule is CCOc1c(C2(C)OCCO2)cc(Cl)c(F)c1[C@@H](O)C[NH3+].O=C1CC[C@@H](C(=O)[O-])N1. The molecule has 0 aromatic heterocycles.